The summed E-state index contributed by atoms with van der Waals surface area (Å²) in [6.45, 7) is 2.21. The van der Waals surface area contributed by atoms with E-state index in [0.29, 0.717) is 18.4 Å². The fraction of sp³-hybridized carbons (Fsp3) is 0.429. The third-order valence-corrected chi connectivity index (χ3v) is 5.62. The molecule has 1 N–H and O–H groups in total. The van der Waals surface area contributed by atoms with Gasteiger partial charge >= 0.3 is 6.18 Å². The fourth-order valence-corrected chi connectivity index (χ4v) is 4.15. The van der Waals surface area contributed by atoms with Crippen molar-refractivity contribution >= 4 is 11.6 Å². The van der Waals surface area contributed by atoms with Gasteiger partial charge in [-0.25, -0.2) is 0 Å². The Morgan fingerprint density at radius 1 is 1.17 bits per heavy atom. The molecule has 1 aromatic heterocycles. The molecule has 1 aromatic carbocycles. The van der Waals surface area contributed by atoms with E-state index in [9.17, 15) is 32.7 Å². The fourth-order valence-electron chi connectivity index (χ4n) is 4.15. The quantitative estimate of drug-likeness (QED) is 0.739. The van der Waals surface area contributed by atoms with Gasteiger partial charge in [-0.1, -0.05) is 31.0 Å². The average molecular weight is 422 g/mol. The van der Waals surface area contributed by atoms with Gasteiger partial charge in [-0.15, -0.1) is 0 Å². The first-order valence-corrected chi connectivity index (χ1v) is 9.50. The highest BCUT2D eigenvalue weighted by atomic mass is 19.4. The first kappa shape index (κ1) is 21.7. The number of nitrogens with zero attached hydrogens (tertiary/aromatic N) is 2. The SMILES string of the molecule is CC(=O)c1nn(CC2(c3cccc(C(F)(F)F)c3)CCCC2)c(C(C)=O)c(O)c1=O. The lowest BCUT2D eigenvalue weighted by Gasteiger charge is -2.31. The molecule has 0 spiro atoms. The number of hydrogen-bond acceptors (Lipinski definition) is 5. The van der Waals surface area contributed by atoms with E-state index in [1.165, 1.54) is 6.07 Å². The molecule has 1 saturated carbocycles. The maximum absolute atomic E-state index is 13.2. The summed E-state index contributed by atoms with van der Waals surface area (Å²) in [5.74, 6) is -2.19. The van der Waals surface area contributed by atoms with Crippen LogP contribution in [0, 0.1) is 0 Å². The molecule has 2 aromatic rings. The Labute approximate surface area is 170 Å². The lowest BCUT2D eigenvalue weighted by atomic mass is 9.78. The summed E-state index contributed by atoms with van der Waals surface area (Å²) in [4.78, 5) is 36.1. The third-order valence-electron chi connectivity index (χ3n) is 5.62. The summed E-state index contributed by atoms with van der Waals surface area (Å²) in [7, 11) is 0. The molecule has 0 radical (unpaired) electrons. The predicted octanol–water partition coefficient (Wildman–Crippen LogP) is 3.88. The lowest BCUT2D eigenvalue weighted by molar-refractivity contribution is -0.137. The molecule has 1 heterocycles. The summed E-state index contributed by atoms with van der Waals surface area (Å²) in [5, 5.41) is 14.3. The Bertz CT molecular complexity index is 1070. The molecule has 0 amide bonds. The van der Waals surface area contributed by atoms with Crippen molar-refractivity contribution in [2.75, 3.05) is 0 Å². The van der Waals surface area contributed by atoms with Gasteiger partial charge in [-0.3, -0.25) is 19.1 Å². The van der Waals surface area contributed by atoms with Gasteiger partial charge in [-0.2, -0.15) is 18.3 Å². The van der Waals surface area contributed by atoms with E-state index in [0.717, 1.165) is 43.5 Å². The van der Waals surface area contributed by atoms with E-state index >= 15 is 0 Å². The second kappa shape index (κ2) is 7.70. The average Bonchev–Trinajstić information content (AvgIpc) is 3.13. The van der Waals surface area contributed by atoms with Crippen molar-refractivity contribution in [1.29, 1.82) is 0 Å². The van der Waals surface area contributed by atoms with Crippen LogP contribution in [-0.4, -0.2) is 26.5 Å². The molecule has 0 aliphatic heterocycles. The minimum atomic E-state index is -4.50. The molecular weight excluding hydrogens is 401 g/mol. The maximum atomic E-state index is 13.2. The lowest BCUT2D eigenvalue weighted by Crippen LogP contribution is -2.34. The predicted molar refractivity (Wildman–Crippen MR) is 102 cm³/mol. The van der Waals surface area contributed by atoms with E-state index in [2.05, 4.69) is 5.10 Å². The van der Waals surface area contributed by atoms with Gasteiger partial charge in [0.2, 0.25) is 0 Å². The number of aromatic nitrogens is 2. The Hall–Kier alpha value is -2.97. The molecule has 1 aliphatic rings. The summed E-state index contributed by atoms with van der Waals surface area (Å²) < 4.78 is 40.8. The van der Waals surface area contributed by atoms with Crippen LogP contribution in [0.4, 0.5) is 13.2 Å². The molecule has 0 saturated heterocycles. The zero-order valence-corrected chi connectivity index (χ0v) is 16.5. The van der Waals surface area contributed by atoms with E-state index < -0.39 is 45.6 Å². The molecule has 6 nitrogen and oxygen atoms in total. The number of alkyl halides is 3. The second-order valence-corrected chi connectivity index (χ2v) is 7.71. The van der Waals surface area contributed by atoms with Crippen LogP contribution in [0.15, 0.2) is 29.1 Å². The smallest absolute Gasteiger partial charge is 0.416 e. The standard InChI is InChI=1S/C21H21F3N2O4/c1-12(27)16-18(29)19(30)17(13(2)28)26(25-16)11-20(8-3-4-9-20)14-6-5-7-15(10-14)21(22,23)24/h5-7,10,30H,3-4,8-9,11H2,1-2H3. The second-order valence-electron chi connectivity index (χ2n) is 7.71. The van der Waals surface area contributed by atoms with Crippen LogP contribution < -0.4 is 5.43 Å². The van der Waals surface area contributed by atoms with Gasteiger partial charge in [0, 0.05) is 19.3 Å². The normalized spacial score (nSPS) is 15.9. The molecule has 3 rings (SSSR count). The number of carbonyl (C=O) groups excluding carboxylic acids is 2. The molecular formula is C21H21F3N2O4. The van der Waals surface area contributed by atoms with Crippen molar-refractivity contribution in [3.8, 4) is 5.75 Å². The van der Waals surface area contributed by atoms with Gasteiger partial charge in [-0.05, 0) is 24.5 Å². The third kappa shape index (κ3) is 3.88. The molecule has 0 unspecified atom stereocenters. The number of aromatic hydroxyl groups is 1. The number of ketones is 2. The highest BCUT2D eigenvalue weighted by Gasteiger charge is 2.40. The van der Waals surface area contributed by atoms with Crippen LogP contribution in [0.3, 0.4) is 0 Å². The van der Waals surface area contributed by atoms with Crippen LogP contribution in [0.5, 0.6) is 5.75 Å². The van der Waals surface area contributed by atoms with E-state index in [1.807, 2.05) is 0 Å². The molecule has 160 valence electrons. The zero-order chi connectivity index (χ0) is 22.3. The summed E-state index contributed by atoms with van der Waals surface area (Å²) in [5.41, 5.74) is -3.04. The number of carbonyl (C=O) groups is 2. The Morgan fingerprint density at radius 2 is 1.80 bits per heavy atom. The zero-order valence-electron chi connectivity index (χ0n) is 16.5. The summed E-state index contributed by atoms with van der Waals surface area (Å²) in [6, 6.07) is 5.02. The molecule has 1 fully saturated rings. The van der Waals surface area contributed by atoms with Gasteiger partial charge < -0.3 is 5.11 Å². The number of halogens is 3. The number of benzene rings is 1. The van der Waals surface area contributed by atoms with Crippen LogP contribution >= 0.6 is 0 Å². The van der Waals surface area contributed by atoms with Gasteiger partial charge in [0.25, 0.3) is 5.43 Å². The van der Waals surface area contributed by atoms with Crippen LogP contribution in [0.25, 0.3) is 0 Å². The largest absolute Gasteiger partial charge is 0.502 e. The topological polar surface area (TPSA) is 89.3 Å². The molecule has 1 aliphatic carbocycles. The Kier molecular flexibility index (Phi) is 5.58. The summed E-state index contributed by atoms with van der Waals surface area (Å²) >= 11 is 0. The first-order chi connectivity index (χ1) is 14.0. The number of Topliss-reactive ketones (excluding diaryl/α,β-unsaturated/α-hetero) is 2. The first-order valence-electron chi connectivity index (χ1n) is 9.50. The molecule has 0 atom stereocenters. The van der Waals surface area contributed by atoms with Crippen molar-refractivity contribution < 1.29 is 27.9 Å². The van der Waals surface area contributed by atoms with Crippen molar-refractivity contribution in [2.24, 2.45) is 0 Å². The van der Waals surface area contributed by atoms with Crippen molar-refractivity contribution in [3.63, 3.8) is 0 Å². The van der Waals surface area contributed by atoms with Crippen molar-refractivity contribution in [2.45, 2.75) is 57.7 Å². The molecule has 30 heavy (non-hydrogen) atoms. The highest BCUT2D eigenvalue weighted by Crippen LogP contribution is 2.44. The highest BCUT2D eigenvalue weighted by molar-refractivity contribution is 5.97. The monoisotopic (exact) mass is 422 g/mol. The van der Waals surface area contributed by atoms with E-state index in [-0.39, 0.29) is 12.2 Å². The number of rotatable bonds is 5. The van der Waals surface area contributed by atoms with Gasteiger partial charge in [0.15, 0.2) is 23.0 Å². The summed E-state index contributed by atoms with van der Waals surface area (Å²) in [6.07, 6.45) is -1.91. The van der Waals surface area contributed by atoms with Gasteiger partial charge in [0.05, 0.1) is 12.1 Å². The van der Waals surface area contributed by atoms with Crippen molar-refractivity contribution in [3.05, 3.63) is 57.0 Å². The molecule has 0 bridgehead atoms. The van der Waals surface area contributed by atoms with Crippen LogP contribution in [0.1, 0.15) is 71.6 Å². The number of hydrogen-bond donors (Lipinski definition) is 1. The molecule has 9 heteroatoms. The van der Waals surface area contributed by atoms with Crippen LogP contribution in [0.2, 0.25) is 0 Å². The van der Waals surface area contributed by atoms with E-state index in [1.54, 1.807) is 6.07 Å². The Balaban J connectivity index is 2.18. The van der Waals surface area contributed by atoms with Crippen LogP contribution in [-0.2, 0) is 18.1 Å². The Morgan fingerprint density at radius 3 is 2.33 bits per heavy atom. The minimum absolute atomic E-state index is 0.0443. The van der Waals surface area contributed by atoms with Crippen molar-refractivity contribution in [1.82, 2.24) is 9.78 Å². The maximum Gasteiger partial charge on any atom is 0.416 e. The van der Waals surface area contributed by atoms with Gasteiger partial charge in [0.1, 0.15) is 5.69 Å². The van der Waals surface area contributed by atoms with E-state index in [4.69, 9.17) is 0 Å². The minimum Gasteiger partial charge on any atom is -0.502 e.